The molecule has 5 nitrogen and oxygen atoms in total. The van der Waals surface area contributed by atoms with Crippen molar-refractivity contribution in [1.82, 2.24) is 0 Å². The highest BCUT2D eigenvalue weighted by Crippen LogP contribution is 2.41. The Morgan fingerprint density at radius 1 is 1.03 bits per heavy atom. The van der Waals surface area contributed by atoms with Crippen LogP contribution in [0.5, 0.6) is 5.75 Å². The number of hydrogen-bond acceptors (Lipinski definition) is 3. The lowest BCUT2D eigenvalue weighted by atomic mass is 9.83. The Bertz CT molecular complexity index is 1110. The molecule has 3 aromatic rings. The molecule has 2 amide bonds. The molecule has 33 heavy (non-hydrogen) atoms. The van der Waals surface area contributed by atoms with Crippen molar-refractivity contribution in [2.75, 3.05) is 17.3 Å². The summed E-state index contributed by atoms with van der Waals surface area (Å²) in [6.45, 7) is 2.08. The molecule has 4 rings (SSSR count). The molecule has 1 heterocycles. The van der Waals surface area contributed by atoms with Crippen LogP contribution in [0.4, 0.5) is 15.8 Å². The van der Waals surface area contributed by atoms with Gasteiger partial charge in [-0.2, -0.15) is 0 Å². The number of carbonyl (C=O) groups excluding carboxylic acids is 2. The van der Waals surface area contributed by atoms with Gasteiger partial charge in [-0.1, -0.05) is 31.2 Å². The molecule has 1 N–H and O–H groups in total. The molecule has 0 aliphatic carbocycles. The van der Waals surface area contributed by atoms with Crippen molar-refractivity contribution < 1.29 is 18.7 Å². The number of methoxy groups -OCH3 is 1. The molecule has 1 saturated heterocycles. The van der Waals surface area contributed by atoms with Crippen LogP contribution in [-0.4, -0.2) is 18.9 Å². The number of nitrogens with one attached hydrogen (secondary N) is 1. The highest BCUT2D eigenvalue weighted by Gasteiger charge is 2.41. The SMILES string of the molecule is CCc1ccc(NC(=O)[C@@H]2CCC(=O)N(c3ccc(OC)cc3)[C@H]2c2ccc(F)cc2)cc1. The van der Waals surface area contributed by atoms with Crippen LogP contribution < -0.4 is 15.0 Å². The van der Waals surface area contributed by atoms with Gasteiger partial charge in [0, 0.05) is 17.8 Å². The van der Waals surface area contributed by atoms with Gasteiger partial charge < -0.3 is 15.0 Å². The number of amides is 2. The molecule has 170 valence electrons. The molecule has 0 radical (unpaired) electrons. The number of benzene rings is 3. The minimum Gasteiger partial charge on any atom is -0.497 e. The minimum absolute atomic E-state index is 0.0779. The predicted molar refractivity (Wildman–Crippen MR) is 127 cm³/mol. The van der Waals surface area contributed by atoms with Crippen LogP contribution in [0.3, 0.4) is 0 Å². The van der Waals surface area contributed by atoms with E-state index in [1.54, 1.807) is 48.4 Å². The number of nitrogens with zero attached hydrogens (tertiary/aromatic N) is 1. The third kappa shape index (κ3) is 4.90. The van der Waals surface area contributed by atoms with Gasteiger partial charge in [0.1, 0.15) is 11.6 Å². The number of ether oxygens (including phenoxy) is 1. The second-order valence-electron chi connectivity index (χ2n) is 8.14. The number of piperidine rings is 1. The maximum absolute atomic E-state index is 13.7. The second-order valence-corrected chi connectivity index (χ2v) is 8.14. The van der Waals surface area contributed by atoms with Gasteiger partial charge in [0.25, 0.3) is 0 Å². The molecule has 6 heteroatoms. The molecule has 3 aromatic carbocycles. The van der Waals surface area contributed by atoms with Crippen molar-refractivity contribution in [2.45, 2.75) is 32.2 Å². The van der Waals surface area contributed by atoms with E-state index in [1.165, 1.54) is 17.7 Å². The van der Waals surface area contributed by atoms with E-state index in [1.807, 2.05) is 24.3 Å². The monoisotopic (exact) mass is 446 g/mol. The topological polar surface area (TPSA) is 58.6 Å². The van der Waals surface area contributed by atoms with Gasteiger partial charge in [-0.05, 0) is 72.5 Å². The summed E-state index contributed by atoms with van der Waals surface area (Å²) in [6.07, 6.45) is 1.57. The quantitative estimate of drug-likeness (QED) is 0.542. The highest BCUT2D eigenvalue weighted by atomic mass is 19.1. The van der Waals surface area contributed by atoms with Gasteiger partial charge in [-0.25, -0.2) is 4.39 Å². The summed E-state index contributed by atoms with van der Waals surface area (Å²) in [5.74, 6) is -0.438. The van der Waals surface area contributed by atoms with E-state index in [0.717, 1.165) is 6.42 Å². The lowest BCUT2D eigenvalue weighted by Crippen LogP contribution is -2.47. The Labute approximate surface area is 193 Å². The molecule has 0 saturated carbocycles. The van der Waals surface area contributed by atoms with E-state index in [-0.39, 0.29) is 24.1 Å². The lowest BCUT2D eigenvalue weighted by molar-refractivity contribution is -0.125. The Morgan fingerprint density at radius 2 is 1.70 bits per heavy atom. The summed E-state index contributed by atoms with van der Waals surface area (Å²) in [4.78, 5) is 28.2. The molecular weight excluding hydrogens is 419 g/mol. The Kier molecular flexibility index (Phi) is 6.73. The smallest absolute Gasteiger partial charge is 0.229 e. The van der Waals surface area contributed by atoms with E-state index in [4.69, 9.17) is 4.74 Å². The molecule has 1 aliphatic heterocycles. The molecule has 0 unspecified atom stereocenters. The van der Waals surface area contributed by atoms with Crippen molar-refractivity contribution in [2.24, 2.45) is 5.92 Å². The van der Waals surface area contributed by atoms with Crippen molar-refractivity contribution in [3.63, 3.8) is 0 Å². The summed E-state index contributed by atoms with van der Waals surface area (Å²) in [5, 5.41) is 3.01. The Balaban J connectivity index is 1.69. The number of rotatable bonds is 6. The maximum atomic E-state index is 13.7. The van der Waals surface area contributed by atoms with Gasteiger partial charge in [0.05, 0.1) is 19.1 Å². The fourth-order valence-electron chi connectivity index (χ4n) is 4.31. The molecule has 0 aromatic heterocycles. The first-order valence-corrected chi connectivity index (χ1v) is 11.1. The zero-order valence-electron chi connectivity index (χ0n) is 18.8. The van der Waals surface area contributed by atoms with Crippen LogP contribution in [0, 0.1) is 11.7 Å². The molecule has 0 bridgehead atoms. The van der Waals surface area contributed by atoms with Crippen molar-refractivity contribution in [1.29, 1.82) is 0 Å². The van der Waals surface area contributed by atoms with E-state index >= 15 is 0 Å². The van der Waals surface area contributed by atoms with Gasteiger partial charge >= 0.3 is 0 Å². The van der Waals surface area contributed by atoms with Gasteiger partial charge in [-0.3, -0.25) is 9.59 Å². The summed E-state index contributed by atoms with van der Waals surface area (Å²) >= 11 is 0. The van der Waals surface area contributed by atoms with Crippen molar-refractivity contribution >= 4 is 23.2 Å². The average Bonchev–Trinajstić information content (AvgIpc) is 2.85. The van der Waals surface area contributed by atoms with Gasteiger partial charge in [0.15, 0.2) is 0 Å². The predicted octanol–water partition coefficient (Wildman–Crippen LogP) is 5.52. The largest absolute Gasteiger partial charge is 0.497 e. The first-order valence-electron chi connectivity index (χ1n) is 11.1. The van der Waals surface area contributed by atoms with E-state index in [9.17, 15) is 14.0 Å². The highest BCUT2D eigenvalue weighted by molar-refractivity contribution is 6.00. The third-order valence-electron chi connectivity index (χ3n) is 6.13. The van der Waals surface area contributed by atoms with Crippen LogP contribution in [0.1, 0.15) is 36.9 Å². The van der Waals surface area contributed by atoms with Crippen LogP contribution in [0.25, 0.3) is 0 Å². The van der Waals surface area contributed by atoms with Gasteiger partial charge in [-0.15, -0.1) is 0 Å². The van der Waals surface area contributed by atoms with Crippen LogP contribution in [0.2, 0.25) is 0 Å². The van der Waals surface area contributed by atoms with Crippen molar-refractivity contribution in [3.8, 4) is 5.75 Å². The molecule has 0 spiro atoms. The average molecular weight is 447 g/mol. The van der Waals surface area contributed by atoms with Crippen LogP contribution >= 0.6 is 0 Å². The molecular formula is C27H27FN2O3. The fourth-order valence-corrected chi connectivity index (χ4v) is 4.31. The number of halogens is 1. The Hall–Kier alpha value is -3.67. The van der Waals surface area contributed by atoms with E-state index < -0.39 is 12.0 Å². The van der Waals surface area contributed by atoms with Crippen molar-refractivity contribution in [3.05, 3.63) is 89.7 Å². The zero-order chi connectivity index (χ0) is 23.4. The van der Waals surface area contributed by atoms with Crippen LogP contribution in [0.15, 0.2) is 72.8 Å². The first kappa shape index (κ1) is 22.5. The lowest BCUT2D eigenvalue weighted by Gasteiger charge is -2.41. The maximum Gasteiger partial charge on any atom is 0.229 e. The first-order chi connectivity index (χ1) is 16.0. The fraction of sp³-hybridized carbons (Fsp3) is 0.259. The number of carbonyl (C=O) groups is 2. The summed E-state index contributed by atoms with van der Waals surface area (Å²) in [7, 11) is 1.58. The number of anilines is 2. The molecule has 2 atom stereocenters. The third-order valence-corrected chi connectivity index (χ3v) is 6.13. The number of hydrogen-bond donors (Lipinski definition) is 1. The molecule has 1 fully saturated rings. The summed E-state index contributed by atoms with van der Waals surface area (Å²) in [6, 6.07) is 20.4. The molecule has 1 aliphatic rings. The standard InChI is InChI=1S/C27H27FN2O3/c1-3-18-4-10-21(11-5-18)29-27(32)24-16-17-25(31)30(22-12-14-23(33-2)15-13-22)26(24)19-6-8-20(28)9-7-19/h4-15,24,26H,3,16-17H2,1-2H3,(H,29,32)/t24-,26+/m1/s1. The van der Waals surface area contributed by atoms with Crippen LogP contribution in [-0.2, 0) is 16.0 Å². The normalized spacial score (nSPS) is 18.2. The second kappa shape index (κ2) is 9.86. The van der Waals surface area contributed by atoms with E-state index in [0.29, 0.717) is 29.1 Å². The minimum atomic E-state index is -0.560. The summed E-state index contributed by atoms with van der Waals surface area (Å²) < 4.78 is 18.9. The summed E-state index contributed by atoms with van der Waals surface area (Å²) in [5.41, 5.74) is 3.27. The zero-order valence-corrected chi connectivity index (χ0v) is 18.8. The van der Waals surface area contributed by atoms with Gasteiger partial charge in [0.2, 0.25) is 11.8 Å². The Morgan fingerprint density at radius 3 is 2.30 bits per heavy atom. The number of aryl methyl sites for hydroxylation is 1. The van der Waals surface area contributed by atoms with E-state index in [2.05, 4.69) is 12.2 Å².